The maximum atomic E-state index is 12.3. The molecule has 0 saturated carbocycles. The first kappa shape index (κ1) is 15.4. The molecular formula is C16H16BrNO3. The largest absolute Gasteiger partial charge is 0.497 e. The molecule has 0 spiro atoms. The Morgan fingerprint density at radius 1 is 1.14 bits per heavy atom. The number of para-hydroxylation sites is 1. The van der Waals surface area contributed by atoms with Crippen LogP contribution in [0.1, 0.15) is 15.9 Å². The number of carbonyl (C=O) groups excluding carboxylic acids is 1. The summed E-state index contributed by atoms with van der Waals surface area (Å²) in [5, 5.41) is 2.88. The molecule has 110 valence electrons. The highest BCUT2D eigenvalue weighted by molar-refractivity contribution is 9.10. The summed E-state index contributed by atoms with van der Waals surface area (Å²) in [7, 11) is 3.18. The number of halogens is 1. The summed E-state index contributed by atoms with van der Waals surface area (Å²) >= 11 is 3.37. The van der Waals surface area contributed by atoms with Gasteiger partial charge in [0.25, 0.3) is 5.91 Å². The first-order valence-electron chi connectivity index (χ1n) is 6.39. The number of nitrogens with one attached hydrogen (secondary N) is 1. The molecule has 0 aliphatic carbocycles. The third-order valence-electron chi connectivity index (χ3n) is 3.05. The van der Waals surface area contributed by atoms with Gasteiger partial charge in [0.1, 0.15) is 11.5 Å². The number of hydrogen-bond donors (Lipinski definition) is 1. The monoisotopic (exact) mass is 349 g/mol. The number of benzene rings is 2. The van der Waals surface area contributed by atoms with Gasteiger partial charge in [-0.1, -0.05) is 18.2 Å². The van der Waals surface area contributed by atoms with Crippen LogP contribution in [0.5, 0.6) is 11.5 Å². The van der Waals surface area contributed by atoms with Crippen molar-refractivity contribution in [3.05, 3.63) is 58.1 Å². The quantitative estimate of drug-likeness (QED) is 0.899. The second-order valence-corrected chi connectivity index (χ2v) is 5.19. The van der Waals surface area contributed by atoms with Gasteiger partial charge >= 0.3 is 0 Å². The van der Waals surface area contributed by atoms with E-state index in [1.807, 2.05) is 24.3 Å². The van der Waals surface area contributed by atoms with Gasteiger partial charge in [0.2, 0.25) is 0 Å². The van der Waals surface area contributed by atoms with E-state index in [4.69, 9.17) is 9.47 Å². The maximum absolute atomic E-state index is 12.3. The van der Waals surface area contributed by atoms with Crippen LogP contribution in [0.25, 0.3) is 0 Å². The number of hydrogen-bond acceptors (Lipinski definition) is 3. The summed E-state index contributed by atoms with van der Waals surface area (Å²) in [5.74, 6) is 1.22. The SMILES string of the molecule is COc1ccc(Br)c(C(=O)NCc2ccccc2OC)c1. The van der Waals surface area contributed by atoms with Gasteiger partial charge in [0, 0.05) is 16.6 Å². The zero-order chi connectivity index (χ0) is 15.2. The van der Waals surface area contributed by atoms with Gasteiger partial charge in [0.15, 0.2) is 0 Å². The minimum absolute atomic E-state index is 0.174. The Kier molecular flexibility index (Phi) is 5.22. The summed E-state index contributed by atoms with van der Waals surface area (Å²) in [4.78, 5) is 12.3. The molecule has 0 aliphatic rings. The van der Waals surface area contributed by atoms with Crippen LogP contribution in [0.4, 0.5) is 0 Å². The molecule has 1 N–H and O–H groups in total. The van der Waals surface area contributed by atoms with Gasteiger partial charge in [-0.05, 0) is 40.2 Å². The molecule has 0 aromatic heterocycles. The first-order valence-corrected chi connectivity index (χ1v) is 7.18. The van der Waals surface area contributed by atoms with Crippen LogP contribution in [-0.4, -0.2) is 20.1 Å². The zero-order valence-corrected chi connectivity index (χ0v) is 13.4. The van der Waals surface area contributed by atoms with Crippen LogP contribution in [-0.2, 0) is 6.54 Å². The molecule has 0 atom stereocenters. The Hall–Kier alpha value is -2.01. The molecule has 0 aliphatic heterocycles. The molecule has 2 aromatic carbocycles. The van der Waals surface area contributed by atoms with Crippen molar-refractivity contribution in [1.29, 1.82) is 0 Å². The third-order valence-corrected chi connectivity index (χ3v) is 3.74. The number of ether oxygens (including phenoxy) is 2. The van der Waals surface area contributed by atoms with Crippen molar-refractivity contribution in [3.63, 3.8) is 0 Å². The van der Waals surface area contributed by atoms with Crippen LogP contribution in [0.2, 0.25) is 0 Å². The molecule has 2 rings (SSSR count). The van der Waals surface area contributed by atoms with Crippen molar-refractivity contribution >= 4 is 21.8 Å². The van der Waals surface area contributed by atoms with Crippen LogP contribution >= 0.6 is 15.9 Å². The Balaban J connectivity index is 2.11. The first-order chi connectivity index (χ1) is 10.2. The molecular weight excluding hydrogens is 334 g/mol. The van der Waals surface area contributed by atoms with E-state index < -0.39 is 0 Å². The van der Waals surface area contributed by atoms with E-state index in [9.17, 15) is 4.79 Å². The molecule has 0 heterocycles. The second-order valence-electron chi connectivity index (χ2n) is 4.34. The van der Waals surface area contributed by atoms with Crippen molar-refractivity contribution in [3.8, 4) is 11.5 Å². The van der Waals surface area contributed by atoms with E-state index in [0.717, 1.165) is 15.8 Å². The Morgan fingerprint density at radius 3 is 2.62 bits per heavy atom. The van der Waals surface area contributed by atoms with Crippen molar-refractivity contribution in [2.24, 2.45) is 0 Å². The molecule has 0 unspecified atom stereocenters. The normalized spacial score (nSPS) is 10.0. The number of rotatable bonds is 5. The lowest BCUT2D eigenvalue weighted by Gasteiger charge is -2.11. The van der Waals surface area contributed by atoms with Crippen molar-refractivity contribution in [2.75, 3.05) is 14.2 Å². The topological polar surface area (TPSA) is 47.6 Å². The third kappa shape index (κ3) is 3.76. The average Bonchev–Trinajstić information content (AvgIpc) is 2.53. The number of carbonyl (C=O) groups is 1. The van der Waals surface area contributed by atoms with Crippen molar-refractivity contribution in [1.82, 2.24) is 5.32 Å². The van der Waals surface area contributed by atoms with Crippen molar-refractivity contribution in [2.45, 2.75) is 6.54 Å². The molecule has 0 radical (unpaired) electrons. The van der Waals surface area contributed by atoms with E-state index in [2.05, 4.69) is 21.2 Å². The fourth-order valence-electron chi connectivity index (χ4n) is 1.93. The molecule has 5 heteroatoms. The molecule has 0 bridgehead atoms. The molecule has 0 saturated heterocycles. The van der Waals surface area contributed by atoms with E-state index in [1.165, 1.54) is 0 Å². The second kappa shape index (κ2) is 7.13. The lowest BCUT2D eigenvalue weighted by molar-refractivity contribution is 0.0949. The lowest BCUT2D eigenvalue weighted by Crippen LogP contribution is -2.23. The average molecular weight is 350 g/mol. The smallest absolute Gasteiger partial charge is 0.252 e. The van der Waals surface area contributed by atoms with Crippen molar-refractivity contribution < 1.29 is 14.3 Å². The van der Waals surface area contributed by atoms with Gasteiger partial charge in [-0.3, -0.25) is 4.79 Å². The van der Waals surface area contributed by atoms with Crippen LogP contribution < -0.4 is 14.8 Å². The minimum atomic E-state index is -0.174. The summed E-state index contributed by atoms with van der Waals surface area (Å²) in [6.45, 7) is 0.395. The van der Waals surface area contributed by atoms with Crippen LogP contribution in [0.3, 0.4) is 0 Å². The summed E-state index contributed by atoms with van der Waals surface area (Å²) in [6.07, 6.45) is 0. The minimum Gasteiger partial charge on any atom is -0.497 e. The van der Waals surface area contributed by atoms with Gasteiger partial charge in [-0.2, -0.15) is 0 Å². The highest BCUT2D eigenvalue weighted by Gasteiger charge is 2.12. The molecule has 2 aromatic rings. The molecule has 1 amide bonds. The highest BCUT2D eigenvalue weighted by atomic mass is 79.9. The summed E-state index contributed by atoms with van der Waals surface area (Å²) in [6, 6.07) is 12.9. The van der Waals surface area contributed by atoms with E-state index in [-0.39, 0.29) is 5.91 Å². The standard InChI is InChI=1S/C16H16BrNO3/c1-20-12-7-8-14(17)13(9-12)16(19)18-10-11-5-3-4-6-15(11)21-2/h3-9H,10H2,1-2H3,(H,18,19). The molecule has 21 heavy (non-hydrogen) atoms. The highest BCUT2D eigenvalue weighted by Crippen LogP contribution is 2.23. The van der Waals surface area contributed by atoms with Gasteiger partial charge in [-0.25, -0.2) is 0 Å². The number of amides is 1. The molecule has 4 nitrogen and oxygen atoms in total. The van der Waals surface area contributed by atoms with E-state index >= 15 is 0 Å². The van der Waals surface area contributed by atoms with Gasteiger partial charge in [-0.15, -0.1) is 0 Å². The van der Waals surface area contributed by atoms with Gasteiger partial charge < -0.3 is 14.8 Å². The zero-order valence-electron chi connectivity index (χ0n) is 11.9. The predicted octanol–water partition coefficient (Wildman–Crippen LogP) is 3.40. The van der Waals surface area contributed by atoms with E-state index in [0.29, 0.717) is 17.9 Å². The Morgan fingerprint density at radius 2 is 1.90 bits per heavy atom. The summed E-state index contributed by atoms with van der Waals surface area (Å²) in [5.41, 5.74) is 1.46. The predicted molar refractivity (Wildman–Crippen MR) is 84.9 cm³/mol. The van der Waals surface area contributed by atoms with Gasteiger partial charge in [0.05, 0.1) is 19.8 Å². The molecule has 0 fully saturated rings. The van der Waals surface area contributed by atoms with Crippen LogP contribution in [0.15, 0.2) is 46.9 Å². The van der Waals surface area contributed by atoms with E-state index in [1.54, 1.807) is 32.4 Å². The van der Waals surface area contributed by atoms with Crippen LogP contribution in [0, 0.1) is 0 Å². The lowest BCUT2D eigenvalue weighted by atomic mass is 10.1. The fraction of sp³-hybridized carbons (Fsp3) is 0.188. The Labute approximate surface area is 132 Å². The Bertz CT molecular complexity index is 643. The number of methoxy groups -OCH3 is 2. The summed E-state index contributed by atoms with van der Waals surface area (Å²) < 4.78 is 11.1. The fourth-order valence-corrected chi connectivity index (χ4v) is 2.35. The maximum Gasteiger partial charge on any atom is 0.252 e.